The van der Waals surface area contributed by atoms with Crippen molar-refractivity contribution in [2.24, 2.45) is 5.73 Å². The summed E-state index contributed by atoms with van der Waals surface area (Å²) in [6.45, 7) is 3.99. The molecule has 0 amide bonds. The maximum absolute atomic E-state index is 14.0. The number of allylic oxidation sites excluding steroid dienone is 1. The van der Waals surface area contributed by atoms with Crippen molar-refractivity contribution in [1.82, 2.24) is 15.6 Å². The molecular weight excluding hydrogens is 337 g/mol. The number of hydrogen-bond donors (Lipinski definition) is 3. The van der Waals surface area contributed by atoms with Crippen LogP contribution in [0.5, 0.6) is 5.75 Å². The summed E-state index contributed by atoms with van der Waals surface area (Å²) < 4.78 is 19.6. The average molecular weight is 358 g/mol. The number of aromatic nitrogens is 1. The Labute approximate surface area is 145 Å². The number of hydrogen-bond acceptors (Lipinski definition) is 7. The van der Waals surface area contributed by atoms with E-state index in [1.54, 1.807) is 12.1 Å². The van der Waals surface area contributed by atoms with Crippen LogP contribution in [0.15, 0.2) is 29.2 Å². The van der Waals surface area contributed by atoms with Gasteiger partial charge in [0.15, 0.2) is 11.6 Å². The minimum atomic E-state index is -0.473. The molecule has 0 aromatic carbocycles. The van der Waals surface area contributed by atoms with Crippen molar-refractivity contribution in [2.75, 3.05) is 19.7 Å². The smallest absolute Gasteiger partial charge is 0.192 e. The maximum atomic E-state index is 14.0. The van der Waals surface area contributed by atoms with Crippen LogP contribution in [0.1, 0.15) is 31.6 Å². The number of morpholine rings is 1. The van der Waals surface area contributed by atoms with E-state index in [1.165, 1.54) is 6.20 Å². The predicted molar refractivity (Wildman–Crippen MR) is 89.1 cm³/mol. The van der Waals surface area contributed by atoms with Gasteiger partial charge in [-0.05, 0) is 23.8 Å². The first-order valence-electron chi connectivity index (χ1n) is 7.68. The Bertz CT molecular complexity index is 590. The van der Waals surface area contributed by atoms with Crippen LogP contribution in [0.4, 0.5) is 4.48 Å². The fraction of sp³-hybridized carbons (Fsp3) is 0.467. The maximum Gasteiger partial charge on any atom is 0.192 e. The topological polar surface area (TPSA) is 96.5 Å². The minimum absolute atomic E-state index is 0.0540. The predicted octanol–water partition coefficient (Wildman–Crippen LogP) is 2.41. The number of hydroxylamine groups is 1. The summed E-state index contributed by atoms with van der Waals surface area (Å²) >= 11 is 5.88. The first-order chi connectivity index (χ1) is 11.5. The van der Waals surface area contributed by atoms with Gasteiger partial charge in [0.2, 0.25) is 0 Å². The van der Waals surface area contributed by atoms with Gasteiger partial charge >= 0.3 is 0 Å². The first kappa shape index (κ1) is 18.4. The molecule has 0 bridgehead atoms. The Morgan fingerprint density at radius 1 is 1.62 bits per heavy atom. The lowest BCUT2D eigenvalue weighted by atomic mass is 10.2. The lowest BCUT2D eigenvalue weighted by molar-refractivity contribution is -0.178. The Morgan fingerprint density at radius 2 is 2.42 bits per heavy atom. The number of nitrogens with one attached hydrogen (secondary N) is 2. The molecule has 0 spiro atoms. The second-order valence-electron chi connectivity index (χ2n) is 5.25. The zero-order valence-corrected chi connectivity index (χ0v) is 14.1. The molecule has 4 N–H and O–H groups in total. The van der Waals surface area contributed by atoms with Gasteiger partial charge in [-0.25, -0.2) is 0 Å². The fourth-order valence-electron chi connectivity index (χ4n) is 2.12. The normalized spacial score (nSPS) is 18.7. The second kappa shape index (κ2) is 8.81. The zero-order valence-electron chi connectivity index (χ0n) is 13.4. The Balaban J connectivity index is 1.99. The quantitative estimate of drug-likeness (QED) is 0.394. The van der Waals surface area contributed by atoms with Gasteiger partial charge in [-0.2, -0.15) is 0 Å². The molecule has 0 aliphatic carbocycles. The van der Waals surface area contributed by atoms with Gasteiger partial charge in [-0.15, -0.1) is 0 Å². The minimum Gasteiger partial charge on any atom is -0.379 e. The molecule has 0 saturated carbocycles. The van der Waals surface area contributed by atoms with Gasteiger partial charge in [0.05, 0.1) is 24.2 Å². The number of nitrogens with two attached hydrogens (primary N) is 1. The number of rotatable bonds is 7. The lowest BCUT2D eigenvalue weighted by Crippen LogP contribution is -2.33. The van der Waals surface area contributed by atoms with E-state index in [1.807, 2.05) is 6.92 Å². The second-order valence-corrected chi connectivity index (χ2v) is 5.62. The molecule has 2 rings (SSSR count). The van der Waals surface area contributed by atoms with Gasteiger partial charge in [-0.1, -0.05) is 29.4 Å². The van der Waals surface area contributed by atoms with Gasteiger partial charge < -0.3 is 26.0 Å². The molecule has 1 unspecified atom stereocenters. The summed E-state index contributed by atoms with van der Waals surface area (Å²) in [6.07, 6.45) is 2.35. The summed E-state index contributed by atoms with van der Waals surface area (Å²) in [5, 5.41) is 10.6. The number of pyridine rings is 1. The van der Waals surface area contributed by atoms with Crippen LogP contribution in [0.3, 0.4) is 0 Å². The van der Waals surface area contributed by atoms with Crippen molar-refractivity contribution in [3.05, 3.63) is 34.9 Å². The SMILES string of the molecule is CCCC(=N)/C(Cl)=C(\N)N(F)Oc1ccc(C2CNCCO2)nc1. The third-order valence-corrected chi connectivity index (χ3v) is 3.80. The largest absolute Gasteiger partial charge is 0.379 e. The summed E-state index contributed by atoms with van der Waals surface area (Å²) in [5.74, 6) is -0.321. The molecule has 1 aliphatic heterocycles. The van der Waals surface area contributed by atoms with Gasteiger partial charge in [-0.3, -0.25) is 4.98 Å². The van der Waals surface area contributed by atoms with Crippen LogP contribution in [0.25, 0.3) is 0 Å². The number of ether oxygens (including phenoxy) is 1. The van der Waals surface area contributed by atoms with E-state index in [2.05, 4.69) is 10.3 Å². The molecule has 1 fully saturated rings. The van der Waals surface area contributed by atoms with Crippen molar-refractivity contribution in [2.45, 2.75) is 25.9 Å². The molecular formula is C15H21ClFN5O2. The first-order valence-corrected chi connectivity index (χ1v) is 8.06. The van der Waals surface area contributed by atoms with E-state index in [-0.39, 0.29) is 27.9 Å². The standard InChI is InChI=1S/C15H21ClFN5O2/c1-2-3-11(18)14(16)15(19)22(17)24-10-4-5-12(21-8-10)13-9-20-6-7-23-13/h4-5,8,13,18,20H,2-3,6-7,9,19H2,1H3/b15-14-,18-11?. The van der Waals surface area contributed by atoms with E-state index in [0.29, 0.717) is 26.0 Å². The highest BCUT2D eigenvalue weighted by molar-refractivity contribution is 6.43. The Morgan fingerprint density at radius 3 is 3.00 bits per heavy atom. The fourth-order valence-corrected chi connectivity index (χ4v) is 2.29. The van der Waals surface area contributed by atoms with Crippen LogP contribution in [-0.2, 0) is 4.74 Å². The van der Waals surface area contributed by atoms with Crippen LogP contribution >= 0.6 is 11.6 Å². The van der Waals surface area contributed by atoms with Crippen molar-refractivity contribution in [1.29, 1.82) is 5.41 Å². The molecule has 1 aromatic rings. The van der Waals surface area contributed by atoms with Gasteiger partial charge in [0, 0.05) is 13.1 Å². The monoisotopic (exact) mass is 357 g/mol. The van der Waals surface area contributed by atoms with Crippen LogP contribution in [0.2, 0.25) is 0 Å². The van der Waals surface area contributed by atoms with Crippen molar-refractivity contribution >= 4 is 17.3 Å². The number of nitrogens with zero attached hydrogens (tertiary/aromatic N) is 2. The molecule has 0 radical (unpaired) electrons. The average Bonchev–Trinajstić information content (AvgIpc) is 2.62. The molecule has 7 nitrogen and oxygen atoms in total. The molecule has 1 aliphatic rings. The van der Waals surface area contributed by atoms with Crippen LogP contribution in [0, 0.1) is 5.41 Å². The summed E-state index contributed by atoms with van der Waals surface area (Å²) in [5.41, 5.74) is 6.35. The third-order valence-electron chi connectivity index (χ3n) is 3.38. The highest BCUT2D eigenvalue weighted by Crippen LogP contribution is 2.21. The van der Waals surface area contributed by atoms with Crippen molar-refractivity contribution in [3.63, 3.8) is 0 Å². The van der Waals surface area contributed by atoms with Gasteiger partial charge in [0.25, 0.3) is 0 Å². The molecule has 1 saturated heterocycles. The lowest BCUT2D eigenvalue weighted by Gasteiger charge is -2.23. The van der Waals surface area contributed by atoms with Crippen LogP contribution < -0.4 is 15.9 Å². The molecule has 1 aromatic heterocycles. The van der Waals surface area contributed by atoms with E-state index in [0.717, 1.165) is 12.2 Å². The van der Waals surface area contributed by atoms with Gasteiger partial charge in [0.1, 0.15) is 11.1 Å². The van der Waals surface area contributed by atoms with Crippen molar-refractivity contribution < 1.29 is 14.1 Å². The molecule has 132 valence electrons. The summed E-state index contributed by atoms with van der Waals surface area (Å²) in [4.78, 5) is 9.16. The van der Waals surface area contributed by atoms with E-state index in [9.17, 15) is 4.48 Å². The Kier molecular flexibility index (Phi) is 6.77. The molecule has 9 heteroatoms. The molecule has 1 atom stereocenters. The highest BCUT2D eigenvalue weighted by Gasteiger charge is 2.18. The van der Waals surface area contributed by atoms with Crippen molar-refractivity contribution in [3.8, 4) is 5.75 Å². The Hall–Kier alpha value is -1.90. The van der Waals surface area contributed by atoms with E-state index >= 15 is 0 Å². The number of halogens is 2. The van der Waals surface area contributed by atoms with E-state index in [4.69, 9.17) is 32.3 Å². The summed E-state index contributed by atoms with van der Waals surface area (Å²) in [6, 6.07) is 3.26. The van der Waals surface area contributed by atoms with E-state index < -0.39 is 5.82 Å². The molecule has 24 heavy (non-hydrogen) atoms. The third kappa shape index (κ3) is 4.80. The highest BCUT2D eigenvalue weighted by atomic mass is 35.5. The summed E-state index contributed by atoms with van der Waals surface area (Å²) in [7, 11) is 0. The van der Waals surface area contributed by atoms with Crippen LogP contribution in [-0.4, -0.2) is 35.7 Å². The molecule has 2 heterocycles. The zero-order chi connectivity index (χ0) is 17.5.